The van der Waals surface area contributed by atoms with Crippen molar-refractivity contribution >= 4 is 5.97 Å². The third-order valence-electron chi connectivity index (χ3n) is 4.05. The highest BCUT2D eigenvalue weighted by molar-refractivity contribution is 5.76. The van der Waals surface area contributed by atoms with Crippen LogP contribution >= 0.6 is 0 Å². The molecule has 0 aromatic heterocycles. The number of aryl methyl sites for hydroxylation is 1. The highest BCUT2D eigenvalue weighted by atomic mass is 16.7. The van der Waals surface area contributed by atoms with Gasteiger partial charge in [0.15, 0.2) is 11.5 Å². The molecule has 112 valence electrons. The second-order valence-corrected chi connectivity index (χ2v) is 5.41. The lowest BCUT2D eigenvalue weighted by atomic mass is 9.78. The van der Waals surface area contributed by atoms with E-state index in [4.69, 9.17) is 14.2 Å². The van der Waals surface area contributed by atoms with Crippen molar-refractivity contribution in [2.75, 3.05) is 13.9 Å². The van der Waals surface area contributed by atoms with Crippen LogP contribution in [0.25, 0.3) is 0 Å². The fourth-order valence-corrected chi connectivity index (χ4v) is 3.02. The second kappa shape index (κ2) is 5.41. The molecule has 1 N–H and O–H groups in total. The lowest BCUT2D eigenvalue weighted by Gasteiger charge is -2.29. The molecule has 1 aliphatic heterocycles. The number of hydrogen-bond acceptors (Lipinski definition) is 5. The zero-order valence-electron chi connectivity index (χ0n) is 12.0. The van der Waals surface area contributed by atoms with Gasteiger partial charge in [-0.2, -0.15) is 0 Å². The van der Waals surface area contributed by atoms with Crippen LogP contribution in [0.15, 0.2) is 24.3 Å². The third-order valence-corrected chi connectivity index (χ3v) is 4.05. The first kappa shape index (κ1) is 13.9. The summed E-state index contributed by atoms with van der Waals surface area (Å²) >= 11 is 0. The number of carbonyl (C=O) groups excluding carboxylic acids is 1. The summed E-state index contributed by atoms with van der Waals surface area (Å²) in [6.07, 6.45) is 3.30. The summed E-state index contributed by atoms with van der Waals surface area (Å²) < 4.78 is 15.7. The predicted octanol–water partition coefficient (Wildman–Crippen LogP) is 1.92. The monoisotopic (exact) mass is 290 g/mol. The quantitative estimate of drug-likeness (QED) is 0.666. The molecule has 0 saturated carbocycles. The van der Waals surface area contributed by atoms with Crippen molar-refractivity contribution in [2.45, 2.75) is 25.4 Å². The van der Waals surface area contributed by atoms with Crippen molar-refractivity contribution in [3.63, 3.8) is 0 Å². The summed E-state index contributed by atoms with van der Waals surface area (Å²) in [7, 11) is 1.38. The van der Waals surface area contributed by atoms with Gasteiger partial charge in [0.05, 0.1) is 19.1 Å². The molecule has 0 radical (unpaired) electrons. The van der Waals surface area contributed by atoms with Crippen LogP contribution in [0.1, 0.15) is 23.5 Å². The predicted molar refractivity (Wildman–Crippen MR) is 75.3 cm³/mol. The maximum absolute atomic E-state index is 12.0. The standard InChI is InChI=1S/C16H18O5/c1-9-5-10(6-14-15(9)21-8-20-14)13-7-11(17)3-4-12(13)16(18)19-2/h3-6,11-13,17H,7-8H2,1-2H3/t11-,12+,13?/m1/s1. The van der Waals surface area contributed by atoms with Crippen LogP contribution in [-0.2, 0) is 9.53 Å². The molecule has 5 heteroatoms. The topological polar surface area (TPSA) is 65.0 Å². The first-order valence-electron chi connectivity index (χ1n) is 6.94. The third kappa shape index (κ3) is 2.49. The van der Waals surface area contributed by atoms with E-state index >= 15 is 0 Å². The molecular weight excluding hydrogens is 272 g/mol. The number of benzene rings is 1. The lowest BCUT2D eigenvalue weighted by molar-refractivity contribution is -0.144. The Labute approximate surface area is 123 Å². The van der Waals surface area contributed by atoms with Gasteiger partial charge < -0.3 is 19.3 Å². The van der Waals surface area contributed by atoms with Crippen LogP contribution in [0.2, 0.25) is 0 Å². The Bertz CT molecular complexity index is 593. The highest BCUT2D eigenvalue weighted by Crippen LogP contribution is 2.42. The smallest absolute Gasteiger partial charge is 0.313 e. The summed E-state index contributed by atoms with van der Waals surface area (Å²) in [4.78, 5) is 12.0. The summed E-state index contributed by atoms with van der Waals surface area (Å²) in [6.45, 7) is 2.16. The van der Waals surface area contributed by atoms with Crippen molar-refractivity contribution in [1.29, 1.82) is 0 Å². The van der Waals surface area contributed by atoms with E-state index in [0.29, 0.717) is 12.2 Å². The minimum atomic E-state index is -0.554. The van der Waals surface area contributed by atoms with Gasteiger partial charge in [-0.25, -0.2) is 0 Å². The molecule has 0 bridgehead atoms. The van der Waals surface area contributed by atoms with E-state index in [-0.39, 0.29) is 18.7 Å². The summed E-state index contributed by atoms with van der Waals surface area (Å²) in [5, 5.41) is 9.88. The van der Waals surface area contributed by atoms with Crippen LogP contribution in [0, 0.1) is 12.8 Å². The number of esters is 1. The molecule has 21 heavy (non-hydrogen) atoms. The van der Waals surface area contributed by atoms with E-state index in [2.05, 4.69) is 0 Å². The Morgan fingerprint density at radius 3 is 2.90 bits per heavy atom. The van der Waals surface area contributed by atoms with E-state index in [1.807, 2.05) is 19.1 Å². The maximum atomic E-state index is 12.0. The van der Waals surface area contributed by atoms with E-state index in [9.17, 15) is 9.90 Å². The number of fused-ring (bicyclic) bond motifs is 1. The van der Waals surface area contributed by atoms with E-state index in [1.165, 1.54) is 7.11 Å². The van der Waals surface area contributed by atoms with Crippen molar-refractivity contribution < 1.29 is 24.1 Å². The van der Waals surface area contributed by atoms with Gasteiger partial charge in [0.1, 0.15) is 0 Å². The molecule has 1 aromatic carbocycles. The van der Waals surface area contributed by atoms with Gasteiger partial charge >= 0.3 is 5.97 Å². The zero-order valence-corrected chi connectivity index (χ0v) is 12.0. The molecule has 1 heterocycles. The molecule has 3 atom stereocenters. The number of ether oxygens (including phenoxy) is 3. The van der Waals surface area contributed by atoms with Crippen molar-refractivity contribution in [2.24, 2.45) is 5.92 Å². The Hall–Kier alpha value is -2.01. The molecule has 0 spiro atoms. The Balaban J connectivity index is 1.99. The number of methoxy groups -OCH3 is 1. The summed E-state index contributed by atoms with van der Waals surface area (Å²) in [5.74, 6) is 0.625. The number of aliphatic hydroxyl groups is 1. The van der Waals surface area contributed by atoms with Gasteiger partial charge in [0.2, 0.25) is 6.79 Å². The maximum Gasteiger partial charge on any atom is 0.313 e. The summed E-state index contributed by atoms with van der Waals surface area (Å²) in [6, 6.07) is 3.88. The van der Waals surface area contributed by atoms with Crippen LogP contribution in [-0.4, -0.2) is 31.1 Å². The lowest BCUT2D eigenvalue weighted by Crippen LogP contribution is -2.28. The van der Waals surface area contributed by atoms with Gasteiger partial charge in [0, 0.05) is 5.92 Å². The molecule has 3 rings (SSSR count). The molecule has 5 nitrogen and oxygen atoms in total. The van der Waals surface area contributed by atoms with Crippen LogP contribution in [0.3, 0.4) is 0 Å². The Morgan fingerprint density at radius 2 is 2.14 bits per heavy atom. The Kier molecular flexibility index (Phi) is 3.59. The minimum Gasteiger partial charge on any atom is -0.469 e. The zero-order chi connectivity index (χ0) is 15.0. The number of aliphatic hydroxyl groups excluding tert-OH is 1. The highest BCUT2D eigenvalue weighted by Gasteiger charge is 2.34. The van der Waals surface area contributed by atoms with Crippen LogP contribution < -0.4 is 9.47 Å². The molecule has 1 unspecified atom stereocenters. The van der Waals surface area contributed by atoms with Gasteiger partial charge in [0.25, 0.3) is 0 Å². The molecular formula is C16H18O5. The number of carbonyl (C=O) groups is 1. The van der Waals surface area contributed by atoms with Crippen molar-refractivity contribution in [3.05, 3.63) is 35.4 Å². The molecule has 2 aliphatic rings. The second-order valence-electron chi connectivity index (χ2n) is 5.41. The average molecular weight is 290 g/mol. The number of hydrogen-bond donors (Lipinski definition) is 1. The molecule has 0 amide bonds. The number of rotatable bonds is 2. The van der Waals surface area contributed by atoms with Crippen molar-refractivity contribution in [3.8, 4) is 11.5 Å². The minimum absolute atomic E-state index is 0.134. The van der Waals surface area contributed by atoms with E-state index in [1.54, 1.807) is 12.2 Å². The van der Waals surface area contributed by atoms with Gasteiger partial charge in [-0.15, -0.1) is 0 Å². The fourth-order valence-electron chi connectivity index (χ4n) is 3.02. The van der Waals surface area contributed by atoms with E-state index in [0.717, 1.165) is 16.9 Å². The van der Waals surface area contributed by atoms with Gasteiger partial charge in [-0.1, -0.05) is 18.2 Å². The normalized spacial score (nSPS) is 26.7. The molecule has 1 aromatic rings. The molecule has 0 saturated heterocycles. The molecule has 0 fully saturated rings. The van der Waals surface area contributed by atoms with Crippen molar-refractivity contribution in [1.82, 2.24) is 0 Å². The first-order valence-corrected chi connectivity index (χ1v) is 6.94. The van der Waals surface area contributed by atoms with E-state index < -0.39 is 12.0 Å². The Morgan fingerprint density at radius 1 is 1.33 bits per heavy atom. The largest absolute Gasteiger partial charge is 0.469 e. The average Bonchev–Trinajstić information content (AvgIpc) is 2.95. The fraction of sp³-hybridized carbons (Fsp3) is 0.438. The van der Waals surface area contributed by atoms with Gasteiger partial charge in [-0.3, -0.25) is 4.79 Å². The van der Waals surface area contributed by atoms with Crippen LogP contribution in [0.5, 0.6) is 11.5 Å². The van der Waals surface area contributed by atoms with Crippen LogP contribution in [0.4, 0.5) is 0 Å². The summed E-state index contributed by atoms with van der Waals surface area (Å²) in [5.41, 5.74) is 1.92. The SMILES string of the molecule is COC(=O)[C@H]1C=C[C@@H](O)CC1c1cc(C)c2c(c1)OCO2. The van der Waals surface area contributed by atoms with Gasteiger partial charge in [-0.05, 0) is 30.5 Å². The molecule has 1 aliphatic carbocycles. The first-order chi connectivity index (χ1) is 10.1.